The number of phenolic OH excluding ortho intramolecular Hbond substituents is 1. The lowest BCUT2D eigenvalue weighted by atomic mass is 10.1. The number of rotatable bonds is 2. The smallest absolute Gasteiger partial charge is 0.338 e. The van der Waals surface area contributed by atoms with Gasteiger partial charge in [-0.3, -0.25) is 0 Å². The van der Waals surface area contributed by atoms with Crippen LogP contribution < -0.4 is 0 Å². The van der Waals surface area contributed by atoms with Crippen molar-refractivity contribution in [2.45, 2.75) is 26.4 Å². The zero-order valence-corrected chi connectivity index (χ0v) is 15.3. The Labute approximate surface area is 155 Å². The number of nitrogens with zero attached hydrogens (tertiary/aromatic N) is 2. The molecule has 136 valence electrons. The lowest BCUT2D eigenvalue weighted by Crippen LogP contribution is -2.23. The number of aromatic nitrogens is 3. The topological polar surface area (TPSA) is 88.1 Å². The van der Waals surface area contributed by atoms with Crippen LogP contribution in [0.1, 0.15) is 31.1 Å². The van der Waals surface area contributed by atoms with Crippen molar-refractivity contribution in [1.82, 2.24) is 15.2 Å². The third kappa shape index (κ3) is 3.21. The van der Waals surface area contributed by atoms with Crippen LogP contribution in [-0.2, 0) is 4.74 Å². The minimum Gasteiger partial charge on any atom is -0.507 e. The van der Waals surface area contributed by atoms with Gasteiger partial charge in [-0.25, -0.2) is 4.79 Å². The molecule has 6 heteroatoms. The number of ether oxygens (including phenoxy) is 1. The number of hydrogen-bond donors (Lipinski definition) is 2. The molecule has 0 aliphatic carbocycles. The minimum atomic E-state index is -0.560. The predicted octanol–water partition coefficient (Wildman–Crippen LogP) is 4.44. The number of carbonyl (C=O) groups excluding carboxylic acids is 1. The number of carbonyl (C=O) groups is 1. The molecule has 0 saturated heterocycles. The van der Waals surface area contributed by atoms with Crippen LogP contribution in [0.3, 0.4) is 0 Å². The van der Waals surface area contributed by atoms with E-state index in [0.29, 0.717) is 22.5 Å². The van der Waals surface area contributed by atoms with Crippen LogP contribution in [0.15, 0.2) is 48.5 Å². The summed E-state index contributed by atoms with van der Waals surface area (Å²) in [5.41, 5.74) is 2.54. The van der Waals surface area contributed by atoms with Crippen molar-refractivity contribution in [1.29, 1.82) is 0 Å². The normalized spacial score (nSPS) is 11.8. The van der Waals surface area contributed by atoms with E-state index >= 15 is 0 Å². The zero-order chi connectivity index (χ0) is 19.2. The molecular formula is C21H19N3O3. The van der Waals surface area contributed by atoms with Crippen LogP contribution in [0.25, 0.3) is 33.2 Å². The summed E-state index contributed by atoms with van der Waals surface area (Å²) in [6.07, 6.45) is 0. The molecule has 0 bridgehead atoms. The Morgan fingerprint density at radius 3 is 2.56 bits per heavy atom. The first-order valence-electron chi connectivity index (χ1n) is 8.63. The van der Waals surface area contributed by atoms with Crippen LogP contribution in [0.2, 0.25) is 0 Å². The predicted molar refractivity (Wildman–Crippen MR) is 104 cm³/mol. The minimum absolute atomic E-state index is 0.139. The maximum Gasteiger partial charge on any atom is 0.338 e. The van der Waals surface area contributed by atoms with Gasteiger partial charge >= 0.3 is 5.97 Å². The monoisotopic (exact) mass is 361 g/mol. The second-order valence-corrected chi connectivity index (χ2v) is 7.40. The van der Waals surface area contributed by atoms with Crippen LogP contribution in [0.5, 0.6) is 5.75 Å². The van der Waals surface area contributed by atoms with Crippen molar-refractivity contribution in [3.8, 4) is 17.0 Å². The average molecular weight is 361 g/mol. The standard InChI is InChI=1S/C21H19N3O3/c1-21(2,3)27-20(26)12-8-9-16-14(10-12)15-11-17(23-24-19(15)22-16)13-6-4-5-7-18(13)25/h4-11,25H,1-3H3,(H,22,24). The number of fused-ring (bicyclic) bond motifs is 3. The van der Waals surface area contributed by atoms with Crippen molar-refractivity contribution in [3.63, 3.8) is 0 Å². The van der Waals surface area contributed by atoms with Gasteiger partial charge in [0.2, 0.25) is 0 Å². The van der Waals surface area contributed by atoms with Crippen molar-refractivity contribution in [2.75, 3.05) is 0 Å². The molecule has 0 saturated carbocycles. The van der Waals surface area contributed by atoms with Crippen molar-refractivity contribution in [3.05, 3.63) is 54.1 Å². The summed E-state index contributed by atoms with van der Waals surface area (Å²) in [4.78, 5) is 15.6. The summed E-state index contributed by atoms with van der Waals surface area (Å²) in [5.74, 6) is -0.234. The lowest BCUT2D eigenvalue weighted by Gasteiger charge is -2.19. The highest BCUT2D eigenvalue weighted by molar-refractivity contribution is 6.09. The molecule has 2 aromatic heterocycles. The van der Waals surface area contributed by atoms with E-state index in [1.807, 2.05) is 39.0 Å². The van der Waals surface area contributed by atoms with E-state index in [1.54, 1.807) is 30.3 Å². The van der Waals surface area contributed by atoms with Crippen molar-refractivity contribution < 1.29 is 14.6 Å². The molecule has 0 aliphatic rings. The van der Waals surface area contributed by atoms with Crippen LogP contribution >= 0.6 is 0 Å². The number of esters is 1. The fraction of sp³-hybridized carbons (Fsp3) is 0.190. The first-order chi connectivity index (χ1) is 12.8. The first kappa shape index (κ1) is 17.0. The first-order valence-corrected chi connectivity index (χ1v) is 8.63. The summed E-state index contributed by atoms with van der Waals surface area (Å²) in [7, 11) is 0. The Bertz CT molecular complexity index is 1170. The second-order valence-electron chi connectivity index (χ2n) is 7.40. The average Bonchev–Trinajstić information content (AvgIpc) is 2.97. The number of H-pyrrole nitrogens is 1. The fourth-order valence-electron chi connectivity index (χ4n) is 2.98. The highest BCUT2D eigenvalue weighted by Gasteiger charge is 2.19. The van der Waals surface area contributed by atoms with Crippen LogP contribution in [-0.4, -0.2) is 31.9 Å². The molecule has 0 radical (unpaired) electrons. The Balaban J connectivity index is 1.85. The maximum absolute atomic E-state index is 12.4. The zero-order valence-electron chi connectivity index (χ0n) is 15.3. The van der Waals surface area contributed by atoms with E-state index in [-0.39, 0.29) is 11.7 Å². The molecule has 0 atom stereocenters. The second kappa shape index (κ2) is 6.09. The molecule has 4 rings (SSSR count). The van der Waals surface area contributed by atoms with Gasteiger partial charge in [0.1, 0.15) is 11.4 Å². The van der Waals surface area contributed by atoms with Crippen molar-refractivity contribution in [2.24, 2.45) is 0 Å². The molecule has 27 heavy (non-hydrogen) atoms. The Morgan fingerprint density at radius 1 is 1.04 bits per heavy atom. The third-order valence-electron chi connectivity index (χ3n) is 4.17. The summed E-state index contributed by atoms with van der Waals surface area (Å²) in [5, 5.41) is 20.2. The Hall–Kier alpha value is -3.41. The van der Waals surface area contributed by atoms with E-state index in [4.69, 9.17) is 4.74 Å². The number of aromatic hydroxyl groups is 1. The number of phenols is 1. The third-order valence-corrected chi connectivity index (χ3v) is 4.17. The van der Waals surface area contributed by atoms with E-state index in [2.05, 4.69) is 15.2 Å². The van der Waals surface area contributed by atoms with Gasteiger partial charge in [0.25, 0.3) is 0 Å². The van der Waals surface area contributed by atoms with E-state index in [0.717, 1.165) is 16.3 Å². The molecule has 4 aromatic rings. The Kier molecular flexibility index (Phi) is 3.84. The van der Waals surface area contributed by atoms with Gasteiger partial charge in [-0.05, 0) is 57.2 Å². The van der Waals surface area contributed by atoms with E-state index in [1.165, 1.54) is 0 Å². The van der Waals surface area contributed by atoms with Crippen LogP contribution in [0.4, 0.5) is 0 Å². The van der Waals surface area contributed by atoms with Gasteiger partial charge in [0, 0.05) is 21.9 Å². The number of benzene rings is 2. The van der Waals surface area contributed by atoms with Gasteiger partial charge in [0.15, 0.2) is 5.65 Å². The maximum atomic E-state index is 12.4. The lowest BCUT2D eigenvalue weighted by molar-refractivity contribution is 0.00697. The molecule has 0 spiro atoms. The molecule has 2 heterocycles. The molecule has 0 unspecified atom stereocenters. The Morgan fingerprint density at radius 2 is 1.81 bits per heavy atom. The molecule has 0 aliphatic heterocycles. The van der Waals surface area contributed by atoms with Crippen LogP contribution in [0, 0.1) is 0 Å². The molecular weight excluding hydrogens is 342 g/mol. The molecule has 2 aromatic carbocycles. The summed E-state index contributed by atoms with van der Waals surface area (Å²) >= 11 is 0. The van der Waals surface area contributed by atoms with Gasteiger partial charge in [0.05, 0.1) is 11.3 Å². The van der Waals surface area contributed by atoms with Gasteiger partial charge in [-0.1, -0.05) is 12.1 Å². The fourth-order valence-corrected chi connectivity index (χ4v) is 2.98. The summed E-state index contributed by atoms with van der Waals surface area (Å²) in [6, 6.07) is 14.2. The van der Waals surface area contributed by atoms with Gasteiger partial charge in [-0.2, -0.15) is 0 Å². The van der Waals surface area contributed by atoms with E-state index < -0.39 is 5.60 Å². The largest absolute Gasteiger partial charge is 0.507 e. The molecule has 0 fully saturated rings. The van der Waals surface area contributed by atoms with Gasteiger partial charge in [-0.15, -0.1) is 10.2 Å². The highest BCUT2D eigenvalue weighted by Crippen LogP contribution is 2.31. The highest BCUT2D eigenvalue weighted by atomic mass is 16.6. The van der Waals surface area contributed by atoms with Crippen molar-refractivity contribution >= 4 is 27.9 Å². The quantitative estimate of drug-likeness (QED) is 0.515. The van der Waals surface area contributed by atoms with E-state index in [9.17, 15) is 9.90 Å². The number of nitrogens with one attached hydrogen (secondary N) is 1. The molecule has 6 nitrogen and oxygen atoms in total. The SMILES string of the molecule is CC(C)(C)OC(=O)c1ccc2[nH]c3nnc(-c4ccccc4O)cc3c2c1. The number of para-hydroxylation sites is 1. The number of aromatic amines is 1. The molecule has 2 N–H and O–H groups in total. The number of hydrogen-bond acceptors (Lipinski definition) is 5. The van der Waals surface area contributed by atoms with Gasteiger partial charge < -0.3 is 14.8 Å². The summed E-state index contributed by atoms with van der Waals surface area (Å²) < 4.78 is 5.46. The summed E-state index contributed by atoms with van der Waals surface area (Å²) in [6.45, 7) is 5.51. The molecule has 0 amide bonds.